The molecule has 1 amide bonds. The van der Waals surface area contributed by atoms with Gasteiger partial charge in [0.25, 0.3) is 15.9 Å². The Kier molecular flexibility index (Phi) is 4.38. The molecule has 1 N–H and O–H groups in total. The van der Waals surface area contributed by atoms with Crippen molar-refractivity contribution in [3.8, 4) is 0 Å². The largest absolute Gasteiger partial charge is 0.337 e. The summed E-state index contributed by atoms with van der Waals surface area (Å²) < 4.78 is 26.9. The van der Waals surface area contributed by atoms with E-state index in [-0.39, 0.29) is 11.7 Å². The van der Waals surface area contributed by atoms with Crippen LogP contribution in [0.25, 0.3) is 0 Å². The third-order valence-corrected chi connectivity index (χ3v) is 6.35. The average molecular weight is 365 g/mol. The summed E-state index contributed by atoms with van der Waals surface area (Å²) in [6.07, 6.45) is 6.04. The Hall–Kier alpha value is -1.71. The minimum absolute atomic E-state index is 0.0152. The Morgan fingerprint density at radius 1 is 1.16 bits per heavy atom. The zero-order valence-electron chi connectivity index (χ0n) is 14.1. The van der Waals surface area contributed by atoms with Gasteiger partial charge in [-0.2, -0.15) is 0 Å². The van der Waals surface area contributed by atoms with Gasteiger partial charge in [0.15, 0.2) is 0 Å². The van der Waals surface area contributed by atoms with E-state index in [1.54, 1.807) is 23.3 Å². The molecule has 8 nitrogen and oxygen atoms in total. The van der Waals surface area contributed by atoms with Gasteiger partial charge in [0.05, 0.1) is 11.3 Å². The molecule has 0 saturated carbocycles. The van der Waals surface area contributed by atoms with Crippen molar-refractivity contribution in [2.75, 3.05) is 51.6 Å². The average Bonchev–Trinajstić information content (AvgIpc) is 3.11. The molecule has 2 saturated heterocycles. The van der Waals surface area contributed by atoms with E-state index in [0.29, 0.717) is 24.0 Å². The van der Waals surface area contributed by atoms with Crippen molar-refractivity contribution < 1.29 is 13.2 Å². The van der Waals surface area contributed by atoms with Crippen LogP contribution in [0.4, 0.5) is 0 Å². The van der Waals surface area contributed by atoms with Gasteiger partial charge in [-0.1, -0.05) is 0 Å². The van der Waals surface area contributed by atoms with Crippen molar-refractivity contribution in [1.29, 1.82) is 0 Å². The molecule has 0 radical (unpaired) electrons. The first-order valence-electron chi connectivity index (χ1n) is 8.75. The standard InChI is InChI=1S/C16H23N5O3S/c22-16(21-6-3-14(12-21)19-7-4-17-5-8-19)13-1-2-15-18-25(23,24)10-9-20(15)11-13/h1-2,11,14,17H,3-10,12H2. The molecule has 4 aliphatic heterocycles. The molecule has 9 heteroatoms. The SMILES string of the molecule is O=C(C1=CN2CCS(=O)(=O)N=C2C=C1)N1CCC(N2CCNCC2)C1. The van der Waals surface area contributed by atoms with E-state index < -0.39 is 10.0 Å². The van der Waals surface area contributed by atoms with E-state index >= 15 is 0 Å². The van der Waals surface area contributed by atoms with Gasteiger partial charge in [0, 0.05) is 58.1 Å². The number of amides is 1. The van der Waals surface area contributed by atoms with E-state index in [1.165, 1.54) is 0 Å². The van der Waals surface area contributed by atoms with Crippen molar-refractivity contribution in [2.24, 2.45) is 4.40 Å². The van der Waals surface area contributed by atoms with Crippen LogP contribution in [0.3, 0.4) is 0 Å². The van der Waals surface area contributed by atoms with Crippen LogP contribution >= 0.6 is 0 Å². The van der Waals surface area contributed by atoms with E-state index in [1.807, 2.05) is 4.90 Å². The quantitative estimate of drug-likeness (QED) is 0.675. The van der Waals surface area contributed by atoms with Gasteiger partial charge < -0.3 is 15.1 Å². The molecule has 0 aromatic heterocycles. The number of piperazine rings is 1. The van der Waals surface area contributed by atoms with Gasteiger partial charge in [0.2, 0.25) is 0 Å². The summed E-state index contributed by atoms with van der Waals surface area (Å²) in [6.45, 7) is 5.98. The van der Waals surface area contributed by atoms with Crippen molar-refractivity contribution >= 4 is 21.8 Å². The monoisotopic (exact) mass is 365 g/mol. The Labute approximate surface area is 147 Å². The molecule has 1 atom stereocenters. The molecular weight excluding hydrogens is 342 g/mol. The second-order valence-corrected chi connectivity index (χ2v) is 8.58. The smallest absolute Gasteiger partial charge is 0.256 e. The third-order valence-electron chi connectivity index (χ3n) is 5.19. The number of carbonyl (C=O) groups excluding carboxylic acids is 1. The first kappa shape index (κ1) is 16.7. The molecule has 4 aliphatic rings. The van der Waals surface area contributed by atoms with Crippen molar-refractivity contribution in [3.63, 3.8) is 0 Å². The zero-order valence-corrected chi connectivity index (χ0v) is 14.9. The Morgan fingerprint density at radius 2 is 1.96 bits per heavy atom. The van der Waals surface area contributed by atoms with Crippen molar-refractivity contribution in [1.82, 2.24) is 20.0 Å². The van der Waals surface area contributed by atoms with Gasteiger partial charge in [-0.3, -0.25) is 9.69 Å². The minimum atomic E-state index is -3.37. The molecule has 136 valence electrons. The summed E-state index contributed by atoms with van der Waals surface area (Å²) in [6, 6.07) is 0.441. The number of likely N-dealkylation sites (tertiary alicyclic amines) is 1. The predicted molar refractivity (Wildman–Crippen MR) is 94.6 cm³/mol. The lowest BCUT2D eigenvalue weighted by Gasteiger charge is -2.32. The number of hydrogen-bond acceptors (Lipinski definition) is 6. The normalized spacial score (nSPS) is 29.2. The zero-order chi connectivity index (χ0) is 17.4. The Balaban J connectivity index is 1.42. The van der Waals surface area contributed by atoms with E-state index in [0.717, 1.165) is 45.7 Å². The number of nitrogens with one attached hydrogen (secondary N) is 1. The fourth-order valence-electron chi connectivity index (χ4n) is 3.78. The van der Waals surface area contributed by atoms with Crippen LogP contribution in [-0.4, -0.2) is 92.5 Å². The number of carbonyl (C=O) groups is 1. The Bertz CT molecular complexity index is 752. The van der Waals surface area contributed by atoms with Crippen LogP contribution in [0.15, 0.2) is 28.3 Å². The van der Waals surface area contributed by atoms with Gasteiger partial charge in [-0.05, 0) is 18.6 Å². The number of amidine groups is 1. The molecule has 1 unspecified atom stereocenters. The van der Waals surface area contributed by atoms with Crippen molar-refractivity contribution in [3.05, 3.63) is 23.9 Å². The van der Waals surface area contributed by atoms with Crippen LogP contribution < -0.4 is 5.32 Å². The fourth-order valence-corrected chi connectivity index (χ4v) is 4.75. The first-order chi connectivity index (χ1) is 12.0. The molecule has 0 spiro atoms. The van der Waals surface area contributed by atoms with Gasteiger partial charge >= 0.3 is 0 Å². The second kappa shape index (κ2) is 6.54. The molecule has 0 aromatic rings. The molecule has 0 bridgehead atoms. The summed E-state index contributed by atoms with van der Waals surface area (Å²) >= 11 is 0. The highest BCUT2D eigenvalue weighted by atomic mass is 32.2. The van der Waals surface area contributed by atoms with Gasteiger partial charge in [-0.25, -0.2) is 8.42 Å². The topological polar surface area (TPSA) is 85.3 Å². The molecular formula is C16H23N5O3S. The molecule has 0 aromatic carbocycles. The number of hydrogen-bond donors (Lipinski definition) is 1. The number of nitrogens with zero attached hydrogens (tertiary/aromatic N) is 4. The highest BCUT2D eigenvalue weighted by Crippen LogP contribution is 2.21. The summed E-state index contributed by atoms with van der Waals surface area (Å²) in [5.74, 6) is 0.390. The summed E-state index contributed by atoms with van der Waals surface area (Å²) in [7, 11) is -3.37. The van der Waals surface area contributed by atoms with Crippen LogP contribution in [0.1, 0.15) is 6.42 Å². The number of rotatable bonds is 2. The molecule has 25 heavy (non-hydrogen) atoms. The lowest BCUT2D eigenvalue weighted by molar-refractivity contribution is -0.126. The summed E-state index contributed by atoms with van der Waals surface area (Å²) in [4.78, 5) is 18.9. The van der Waals surface area contributed by atoms with Crippen LogP contribution in [-0.2, 0) is 14.8 Å². The number of sulfonamides is 1. The fraction of sp³-hybridized carbons (Fsp3) is 0.625. The Morgan fingerprint density at radius 3 is 2.76 bits per heavy atom. The highest BCUT2D eigenvalue weighted by Gasteiger charge is 2.33. The molecule has 4 rings (SSSR count). The van der Waals surface area contributed by atoms with E-state index in [9.17, 15) is 13.2 Å². The summed E-state index contributed by atoms with van der Waals surface area (Å²) in [5, 5.41) is 3.36. The third kappa shape index (κ3) is 3.49. The maximum Gasteiger partial charge on any atom is 0.256 e. The highest BCUT2D eigenvalue weighted by molar-refractivity contribution is 7.90. The lowest BCUT2D eigenvalue weighted by atomic mass is 10.1. The van der Waals surface area contributed by atoms with E-state index in [2.05, 4.69) is 14.6 Å². The maximum atomic E-state index is 12.8. The minimum Gasteiger partial charge on any atom is -0.337 e. The molecule has 2 fully saturated rings. The maximum absolute atomic E-state index is 12.8. The predicted octanol–water partition coefficient (Wildman–Crippen LogP) is -1.01. The first-order valence-corrected chi connectivity index (χ1v) is 10.4. The van der Waals surface area contributed by atoms with E-state index in [4.69, 9.17) is 0 Å². The molecule has 0 aliphatic carbocycles. The van der Waals surface area contributed by atoms with Crippen LogP contribution in [0.5, 0.6) is 0 Å². The second-order valence-electron chi connectivity index (χ2n) is 6.83. The lowest BCUT2D eigenvalue weighted by Crippen LogP contribution is -2.49. The van der Waals surface area contributed by atoms with Crippen molar-refractivity contribution in [2.45, 2.75) is 12.5 Å². The van der Waals surface area contributed by atoms with Gasteiger partial charge in [0.1, 0.15) is 5.84 Å². The van der Waals surface area contributed by atoms with Crippen LogP contribution in [0, 0.1) is 0 Å². The number of fused-ring (bicyclic) bond motifs is 1. The summed E-state index contributed by atoms with van der Waals surface area (Å²) in [5.41, 5.74) is 0.596. The van der Waals surface area contributed by atoms with Gasteiger partial charge in [-0.15, -0.1) is 4.40 Å². The molecule has 4 heterocycles. The van der Waals surface area contributed by atoms with Crippen LogP contribution in [0.2, 0.25) is 0 Å².